The van der Waals surface area contributed by atoms with Gasteiger partial charge in [-0.3, -0.25) is 14.9 Å². The van der Waals surface area contributed by atoms with Crippen LogP contribution in [0.2, 0.25) is 0 Å². The predicted molar refractivity (Wildman–Crippen MR) is 80.9 cm³/mol. The molecule has 1 unspecified atom stereocenters. The first-order chi connectivity index (χ1) is 9.90. The van der Waals surface area contributed by atoms with Crippen molar-refractivity contribution in [1.82, 2.24) is 5.32 Å². The molecule has 114 valence electrons. The second-order valence-electron chi connectivity index (χ2n) is 5.27. The van der Waals surface area contributed by atoms with Gasteiger partial charge in [0.25, 0.3) is 0 Å². The average molecular weight is 291 g/mol. The van der Waals surface area contributed by atoms with Crippen LogP contribution in [0.15, 0.2) is 36.4 Å². The van der Waals surface area contributed by atoms with Crippen LogP contribution in [0.3, 0.4) is 0 Å². The Morgan fingerprint density at radius 3 is 2.24 bits per heavy atom. The molecular formula is C16H21NO4. The fourth-order valence-electron chi connectivity index (χ4n) is 1.91. The SMILES string of the molecule is CC(C)C[C@@H](NC(/C=C/c1ccccc1)C(=O)O)C(=O)O. The van der Waals surface area contributed by atoms with Crippen molar-refractivity contribution < 1.29 is 19.8 Å². The Kier molecular flexibility index (Phi) is 6.62. The zero-order chi connectivity index (χ0) is 15.8. The molecule has 0 saturated heterocycles. The summed E-state index contributed by atoms with van der Waals surface area (Å²) in [6.07, 6.45) is 3.51. The van der Waals surface area contributed by atoms with E-state index < -0.39 is 24.0 Å². The molecule has 0 fully saturated rings. The molecule has 1 rings (SSSR count). The first kappa shape index (κ1) is 16.9. The van der Waals surface area contributed by atoms with E-state index >= 15 is 0 Å². The first-order valence-electron chi connectivity index (χ1n) is 6.85. The molecule has 5 nitrogen and oxygen atoms in total. The van der Waals surface area contributed by atoms with E-state index in [9.17, 15) is 14.7 Å². The zero-order valence-electron chi connectivity index (χ0n) is 12.2. The number of aliphatic carboxylic acids is 2. The van der Waals surface area contributed by atoms with Gasteiger partial charge >= 0.3 is 11.9 Å². The summed E-state index contributed by atoms with van der Waals surface area (Å²) >= 11 is 0. The Bertz CT molecular complexity index is 496. The van der Waals surface area contributed by atoms with Crippen molar-refractivity contribution in [3.63, 3.8) is 0 Å². The third kappa shape index (κ3) is 6.23. The number of carboxylic acid groups (broad SMARTS) is 2. The number of benzene rings is 1. The summed E-state index contributed by atoms with van der Waals surface area (Å²) in [5, 5.41) is 21.0. The lowest BCUT2D eigenvalue weighted by Gasteiger charge is -2.19. The van der Waals surface area contributed by atoms with E-state index in [1.807, 2.05) is 44.2 Å². The highest BCUT2D eigenvalue weighted by molar-refractivity contribution is 5.80. The van der Waals surface area contributed by atoms with E-state index in [0.29, 0.717) is 6.42 Å². The van der Waals surface area contributed by atoms with Gasteiger partial charge in [0.2, 0.25) is 0 Å². The maximum absolute atomic E-state index is 11.3. The molecule has 1 aromatic rings. The summed E-state index contributed by atoms with van der Waals surface area (Å²) in [5.41, 5.74) is 0.862. The van der Waals surface area contributed by atoms with Crippen LogP contribution in [0.25, 0.3) is 6.08 Å². The van der Waals surface area contributed by atoms with Crippen LogP contribution in [0, 0.1) is 5.92 Å². The third-order valence-corrected chi connectivity index (χ3v) is 2.93. The molecule has 1 aromatic carbocycles. The molecule has 0 aromatic heterocycles. The Morgan fingerprint density at radius 2 is 1.76 bits per heavy atom. The van der Waals surface area contributed by atoms with Crippen molar-refractivity contribution in [2.24, 2.45) is 5.92 Å². The Hall–Kier alpha value is -2.14. The number of nitrogens with one attached hydrogen (secondary N) is 1. The Morgan fingerprint density at radius 1 is 1.14 bits per heavy atom. The van der Waals surface area contributed by atoms with Crippen LogP contribution in [-0.2, 0) is 9.59 Å². The van der Waals surface area contributed by atoms with E-state index in [1.165, 1.54) is 6.08 Å². The van der Waals surface area contributed by atoms with Gasteiger partial charge in [0, 0.05) is 0 Å². The molecule has 2 atom stereocenters. The molecule has 3 N–H and O–H groups in total. The van der Waals surface area contributed by atoms with Gasteiger partial charge in [-0.25, -0.2) is 0 Å². The van der Waals surface area contributed by atoms with Gasteiger partial charge in [0.15, 0.2) is 0 Å². The second-order valence-corrected chi connectivity index (χ2v) is 5.27. The Labute approximate surface area is 124 Å². The molecule has 0 aliphatic heterocycles. The second kappa shape index (κ2) is 8.21. The lowest BCUT2D eigenvalue weighted by molar-refractivity contribution is -0.142. The van der Waals surface area contributed by atoms with Crippen molar-refractivity contribution in [3.8, 4) is 0 Å². The molecule has 21 heavy (non-hydrogen) atoms. The molecule has 0 aliphatic carbocycles. The lowest BCUT2D eigenvalue weighted by atomic mass is 10.0. The van der Waals surface area contributed by atoms with Crippen molar-refractivity contribution >= 4 is 18.0 Å². The third-order valence-electron chi connectivity index (χ3n) is 2.93. The van der Waals surface area contributed by atoms with Gasteiger partial charge in [-0.2, -0.15) is 0 Å². The van der Waals surface area contributed by atoms with E-state index in [4.69, 9.17) is 5.11 Å². The van der Waals surface area contributed by atoms with Crippen LogP contribution in [0.1, 0.15) is 25.8 Å². The van der Waals surface area contributed by atoms with E-state index in [2.05, 4.69) is 5.32 Å². The summed E-state index contributed by atoms with van der Waals surface area (Å²) in [6.45, 7) is 3.79. The number of carbonyl (C=O) groups is 2. The zero-order valence-corrected chi connectivity index (χ0v) is 12.2. The van der Waals surface area contributed by atoms with Gasteiger partial charge in [0.1, 0.15) is 12.1 Å². The van der Waals surface area contributed by atoms with E-state index in [0.717, 1.165) is 5.56 Å². The van der Waals surface area contributed by atoms with E-state index in [1.54, 1.807) is 6.08 Å². The largest absolute Gasteiger partial charge is 0.480 e. The quantitative estimate of drug-likeness (QED) is 0.684. The molecule has 0 spiro atoms. The summed E-state index contributed by atoms with van der Waals surface area (Å²) < 4.78 is 0. The number of hydrogen-bond acceptors (Lipinski definition) is 3. The summed E-state index contributed by atoms with van der Waals surface area (Å²) in [6, 6.07) is 7.34. The predicted octanol–water partition coefficient (Wildman–Crippen LogP) is 2.24. The fourth-order valence-corrected chi connectivity index (χ4v) is 1.91. The first-order valence-corrected chi connectivity index (χ1v) is 6.85. The fraction of sp³-hybridized carbons (Fsp3) is 0.375. The molecule has 0 saturated carbocycles. The van der Waals surface area contributed by atoms with Crippen LogP contribution >= 0.6 is 0 Å². The summed E-state index contributed by atoms with van der Waals surface area (Å²) in [5.74, 6) is -1.98. The minimum atomic E-state index is -1.10. The van der Waals surface area contributed by atoms with Crippen molar-refractivity contribution in [1.29, 1.82) is 0 Å². The van der Waals surface area contributed by atoms with Crippen molar-refractivity contribution in [3.05, 3.63) is 42.0 Å². The van der Waals surface area contributed by atoms with Crippen LogP contribution in [0.5, 0.6) is 0 Å². The molecule has 0 amide bonds. The molecule has 0 aliphatic rings. The number of rotatable bonds is 8. The smallest absolute Gasteiger partial charge is 0.324 e. The van der Waals surface area contributed by atoms with Crippen molar-refractivity contribution in [2.45, 2.75) is 32.4 Å². The normalized spacial score (nSPS) is 14.2. The van der Waals surface area contributed by atoms with Crippen molar-refractivity contribution in [2.75, 3.05) is 0 Å². The average Bonchev–Trinajstić information content (AvgIpc) is 2.42. The monoisotopic (exact) mass is 291 g/mol. The topological polar surface area (TPSA) is 86.6 Å². The highest BCUT2D eigenvalue weighted by atomic mass is 16.4. The highest BCUT2D eigenvalue weighted by Crippen LogP contribution is 2.08. The standard InChI is InChI=1S/C16H21NO4/c1-11(2)10-14(16(20)21)17-13(15(18)19)9-8-12-6-4-3-5-7-12/h3-9,11,13-14,17H,10H2,1-2H3,(H,18,19)(H,20,21)/b9-8+/t13?,14-/m1/s1. The van der Waals surface area contributed by atoms with Gasteiger partial charge in [0.05, 0.1) is 0 Å². The maximum Gasteiger partial charge on any atom is 0.324 e. The molecular weight excluding hydrogens is 270 g/mol. The Balaban J connectivity index is 2.79. The maximum atomic E-state index is 11.3. The molecule has 0 bridgehead atoms. The minimum Gasteiger partial charge on any atom is -0.480 e. The van der Waals surface area contributed by atoms with Crippen LogP contribution in [0.4, 0.5) is 0 Å². The van der Waals surface area contributed by atoms with Gasteiger partial charge in [-0.1, -0.05) is 56.3 Å². The summed E-state index contributed by atoms with van der Waals surface area (Å²) in [4.78, 5) is 22.4. The molecule has 0 radical (unpaired) electrons. The highest BCUT2D eigenvalue weighted by Gasteiger charge is 2.24. The number of hydrogen-bond donors (Lipinski definition) is 3. The van der Waals surface area contributed by atoms with Gasteiger partial charge in [-0.15, -0.1) is 0 Å². The van der Waals surface area contributed by atoms with Crippen LogP contribution < -0.4 is 5.32 Å². The lowest BCUT2D eigenvalue weighted by Crippen LogP contribution is -2.46. The molecule has 5 heteroatoms. The minimum absolute atomic E-state index is 0.158. The molecule has 0 heterocycles. The van der Waals surface area contributed by atoms with E-state index in [-0.39, 0.29) is 5.92 Å². The van der Waals surface area contributed by atoms with Crippen LogP contribution in [-0.4, -0.2) is 34.2 Å². The van der Waals surface area contributed by atoms with Gasteiger partial charge in [-0.05, 0) is 17.9 Å². The summed E-state index contributed by atoms with van der Waals surface area (Å²) in [7, 11) is 0. The van der Waals surface area contributed by atoms with Gasteiger partial charge < -0.3 is 10.2 Å². The number of carboxylic acids is 2.